The van der Waals surface area contributed by atoms with Crippen LogP contribution in [0.4, 0.5) is 11.4 Å². The summed E-state index contributed by atoms with van der Waals surface area (Å²) in [5.41, 5.74) is 2.03. The first-order chi connectivity index (χ1) is 13.0. The highest BCUT2D eigenvalue weighted by Gasteiger charge is 2.05. The number of carbonyl (C=O) groups is 2. The summed E-state index contributed by atoms with van der Waals surface area (Å²) < 4.78 is 11.0. The molecule has 0 fully saturated rings. The maximum absolute atomic E-state index is 12.1. The van der Waals surface area contributed by atoms with Crippen molar-refractivity contribution < 1.29 is 19.1 Å². The number of hydrogen-bond acceptors (Lipinski definition) is 4. The molecule has 2 aromatic carbocycles. The fourth-order valence-corrected chi connectivity index (χ4v) is 2.35. The van der Waals surface area contributed by atoms with Gasteiger partial charge >= 0.3 is 0 Å². The predicted octanol–water partition coefficient (Wildman–Crippen LogP) is 4.09. The van der Waals surface area contributed by atoms with Crippen molar-refractivity contribution in [3.8, 4) is 11.5 Å². The highest BCUT2D eigenvalue weighted by Crippen LogP contribution is 2.28. The minimum atomic E-state index is -0.278. The van der Waals surface area contributed by atoms with Crippen LogP contribution in [0, 0.1) is 0 Å². The van der Waals surface area contributed by atoms with Crippen LogP contribution in [0.15, 0.2) is 48.5 Å². The molecule has 0 spiro atoms. The van der Waals surface area contributed by atoms with E-state index in [0.29, 0.717) is 29.5 Å². The molecule has 0 atom stereocenters. The smallest absolute Gasteiger partial charge is 0.248 e. The van der Waals surface area contributed by atoms with Crippen molar-refractivity contribution in [2.24, 2.45) is 0 Å². The van der Waals surface area contributed by atoms with E-state index in [1.807, 2.05) is 25.1 Å². The van der Waals surface area contributed by atoms with Gasteiger partial charge in [-0.3, -0.25) is 9.59 Å². The molecule has 0 bridgehead atoms. The molecule has 2 amide bonds. The van der Waals surface area contributed by atoms with E-state index in [1.165, 1.54) is 13.0 Å². The van der Waals surface area contributed by atoms with Gasteiger partial charge in [0.1, 0.15) is 0 Å². The van der Waals surface area contributed by atoms with Gasteiger partial charge < -0.3 is 20.1 Å². The molecule has 6 nitrogen and oxygen atoms in total. The Labute approximate surface area is 159 Å². The van der Waals surface area contributed by atoms with Crippen molar-refractivity contribution in [1.82, 2.24) is 0 Å². The first-order valence-electron chi connectivity index (χ1n) is 8.69. The molecule has 0 radical (unpaired) electrons. The van der Waals surface area contributed by atoms with E-state index in [1.54, 1.807) is 37.5 Å². The standard InChI is InChI=1S/C21H24N2O4/c1-4-12-27-19-10-8-16(13-20(19)26-3)9-11-21(25)23-18-7-5-6-17(14-18)22-15(2)24/h5-11,13-14H,4,12H2,1-3H3,(H,22,24)(H,23,25)/b11-9+. The van der Waals surface area contributed by atoms with Crippen LogP contribution in [0.2, 0.25) is 0 Å². The number of hydrogen-bond donors (Lipinski definition) is 2. The van der Waals surface area contributed by atoms with Crippen molar-refractivity contribution in [3.63, 3.8) is 0 Å². The third-order valence-electron chi connectivity index (χ3n) is 3.53. The summed E-state index contributed by atoms with van der Waals surface area (Å²) in [7, 11) is 1.58. The summed E-state index contributed by atoms with van der Waals surface area (Å²) in [5.74, 6) is 0.851. The molecule has 27 heavy (non-hydrogen) atoms. The Balaban J connectivity index is 2.03. The lowest BCUT2D eigenvalue weighted by Gasteiger charge is -2.10. The van der Waals surface area contributed by atoms with Crippen molar-refractivity contribution >= 4 is 29.3 Å². The van der Waals surface area contributed by atoms with Crippen LogP contribution in [0.3, 0.4) is 0 Å². The van der Waals surface area contributed by atoms with Gasteiger partial charge in [-0.15, -0.1) is 0 Å². The Kier molecular flexibility index (Phi) is 7.43. The average molecular weight is 368 g/mol. The quantitative estimate of drug-likeness (QED) is 0.688. The average Bonchev–Trinajstić information content (AvgIpc) is 2.64. The van der Waals surface area contributed by atoms with E-state index in [4.69, 9.17) is 9.47 Å². The summed E-state index contributed by atoms with van der Waals surface area (Å²) in [4.78, 5) is 23.3. The van der Waals surface area contributed by atoms with Crippen molar-refractivity contribution in [2.45, 2.75) is 20.3 Å². The summed E-state index contributed by atoms with van der Waals surface area (Å²) in [6.45, 7) is 4.08. The van der Waals surface area contributed by atoms with Crippen molar-refractivity contribution in [1.29, 1.82) is 0 Å². The minimum Gasteiger partial charge on any atom is -0.493 e. The lowest BCUT2D eigenvalue weighted by Crippen LogP contribution is -2.09. The van der Waals surface area contributed by atoms with E-state index in [2.05, 4.69) is 10.6 Å². The molecule has 0 heterocycles. The monoisotopic (exact) mass is 368 g/mol. The first kappa shape index (κ1) is 20.0. The van der Waals surface area contributed by atoms with E-state index >= 15 is 0 Å². The lowest BCUT2D eigenvalue weighted by atomic mass is 10.2. The third kappa shape index (κ3) is 6.51. The van der Waals surface area contributed by atoms with Gasteiger partial charge in [0.25, 0.3) is 0 Å². The molecule has 2 rings (SSSR count). The number of anilines is 2. The van der Waals surface area contributed by atoms with Gasteiger partial charge in [-0.1, -0.05) is 19.1 Å². The molecule has 0 aliphatic heterocycles. The molecule has 0 saturated carbocycles. The number of methoxy groups -OCH3 is 1. The number of amides is 2. The molecule has 0 unspecified atom stereocenters. The maximum atomic E-state index is 12.1. The van der Waals surface area contributed by atoms with Crippen molar-refractivity contribution in [3.05, 3.63) is 54.1 Å². The molecule has 0 aliphatic rings. The van der Waals surface area contributed by atoms with E-state index < -0.39 is 0 Å². The van der Waals surface area contributed by atoms with Gasteiger partial charge in [0.05, 0.1) is 13.7 Å². The largest absolute Gasteiger partial charge is 0.493 e. The number of nitrogens with one attached hydrogen (secondary N) is 2. The van der Waals surface area contributed by atoms with Crippen LogP contribution in [0.1, 0.15) is 25.8 Å². The fraction of sp³-hybridized carbons (Fsp3) is 0.238. The zero-order valence-corrected chi connectivity index (χ0v) is 15.7. The normalized spacial score (nSPS) is 10.5. The van der Waals surface area contributed by atoms with E-state index in [0.717, 1.165) is 12.0 Å². The second-order valence-electron chi connectivity index (χ2n) is 5.84. The van der Waals surface area contributed by atoms with Gasteiger partial charge in [0.15, 0.2) is 11.5 Å². The van der Waals surface area contributed by atoms with Gasteiger partial charge in [-0.05, 0) is 48.4 Å². The Morgan fingerprint density at radius 1 is 1.04 bits per heavy atom. The van der Waals surface area contributed by atoms with Crippen molar-refractivity contribution in [2.75, 3.05) is 24.4 Å². The Morgan fingerprint density at radius 2 is 1.78 bits per heavy atom. The summed E-state index contributed by atoms with van der Waals surface area (Å²) in [6.07, 6.45) is 4.04. The van der Waals surface area contributed by atoms with Crippen LogP contribution in [-0.4, -0.2) is 25.5 Å². The molecular formula is C21H24N2O4. The van der Waals surface area contributed by atoms with E-state index in [9.17, 15) is 9.59 Å². The predicted molar refractivity (Wildman–Crippen MR) is 107 cm³/mol. The second kappa shape index (κ2) is 10.0. The number of rotatable bonds is 8. The second-order valence-corrected chi connectivity index (χ2v) is 5.84. The molecule has 142 valence electrons. The Morgan fingerprint density at radius 3 is 2.44 bits per heavy atom. The number of benzene rings is 2. The summed E-state index contributed by atoms with van der Waals surface area (Å²) in [6, 6.07) is 12.4. The molecule has 0 saturated heterocycles. The van der Waals surface area contributed by atoms with Crippen LogP contribution in [0.25, 0.3) is 6.08 Å². The Bertz CT molecular complexity index is 831. The molecular weight excluding hydrogens is 344 g/mol. The molecule has 0 aromatic heterocycles. The molecule has 2 N–H and O–H groups in total. The van der Waals surface area contributed by atoms with Gasteiger partial charge in [-0.2, -0.15) is 0 Å². The Hall–Kier alpha value is -3.28. The van der Waals surface area contributed by atoms with Crippen LogP contribution in [0.5, 0.6) is 11.5 Å². The van der Waals surface area contributed by atoms with Gasteiger partial charge in [0.2, 0.25) is 11.8 Å². The first-order valence-corrected chi connectivity index (χ1v) is 8.69. The maximum Gasteiger partial charge on any atom is 0.248 e. The van der Waals surface area contributed by atoms with Crippen LogP contribution < -0.4 is 20.1 Å². The zero-order chi connectivity index (χ0) is 19.6. The topological polar surface area (TPSA) is 76.7 Å². The fourth-order valence-electron chi connectivity index (χ4n) is 2.35. The SMILES string of the molecule is CCCOc1ccc(/C=C/C(=O)Nc2cccc(NC(C)=O)c2)cc1OC. The van der Waals surface area contributed by atoms with Crippen LogP contribution >= 0.6 is 0 Å². The summed E-state index contributed by atoms with van der Waals surface area (Å²) in [5, 5.41) is 5.44. The summed E-state index contributed by atoms with van der Waals surface area (Å²) >= 11 is 0. The molecule has 0 aliphatic carbocycles. The third-order valence-corrected chi connectivity index (χ3v) is 3.53. The lowest BCUT2D eigenvalue weighted by molar-refractivity contribution is -0.114. The van der Waals surface area contributed by atoms with E-state index in [-0.39, 0.29) is 11.8 Å². The zero-order valence-electron chi connectivity index (χ0n) is 15.7. The van der Waals surface area contributed by atoms with Gasteiger partial charge in [-0.25, -0.2) is 0 Å². The minimum absolute atomic E-state index is 0.168. The highest BCUT2D eigenvalue weighted by atomic mass is 16.5. The molecule has 2 aromatic rings. The number of carbonyl (C=O) groups excluding carboxylic acids is 2. The highest BCUT2D eigenvalue weighted by molar-refractivity contribution is 6.02. The molecule has 6 heteroatoms. The van der Waals surface area contributed by atoms with Crippen LogP contribution in [-0.2, 0) is 9.59 Å². The number of ether oxygens (including phenoxy) is 2. The van der Waals surface area contributed by atoms with Gasteiger partial charge in [0, 0.05) is 24.4 Å².